The molecule has 0 aliphatic carbocycles. The third-order valence-electron chi connectivity index (χ3n) is 6.07. The van der Waals surface area contributed by atoms with E-state index in [1.807, 2.05) is 38.4 Å². The van der Waals surface area contributed by atoms with E-state index in [0.29, 0.717) is 22.9 Å². The Morgan fingerprint density at radius 2 is 1.68 bits per heavy atom. The van der Waals surface area contributed by atoms with Crippen LogP contribution in [-0.4, -0.2) is 65.0 Å². The second-order valence-corrected chi connectivity index (χ2v) is 11.8. The molecule has 0 atom stereocenters. The maximum atomic E-state index is 13.7. The number of hydrogen-bond acceptors (Lipinski definition) is 7. The summed E-state index contributed by atoms with van der Waals surface area (Å²) in [4.78, 5) is 22.3. The summed E-state index contributed by atoms with van der Waals surface area (Å²) >= 11 is 1.43. The molecule has 1 amide bonds. The Balaban J connectivity index is 1.63. The SMILES string of the molecule is CCN(c1ccccc1)S(=O)(=O)c1ccc(C(=O)N(CCCN(C)C)c2nc3ccc(OC)cc3s2)cc1. The predicted molar refractivity (Wildman–Crippen MR) is 154 cm³/mol. The molecule has 0 radical (unpaired) electrons. The molecule has 1 heterocycles. The number of benzene rings is 3. The Labute approximate surface area is 228 Å². The Hall–Kier alpha value is -3.47. The zero-order valence-corrected chi connectivity index (χ0v) is 23.6. The Morgan fingerprint density at radius 1 is 0.974 bits per heavy atom. The van der Waals surface area contributed by atoms with Gasteiger partial charge in [0, 0.05) is 18.7 Å². The predicted octanol–water partition coefficient (Wildman–Crippen LogP) is 5.12. The van der Waals surface area contributed by atoms with Crippen molar-refractivity contribution < 1.29 is 17.9 Å². The van der Waals surface area contributed by atoms with Gasteiger partial charge in [0.2, 0.25) is 0 Å². The number of aromatic nitrogens is 1. The van der Waals surface area contributed by atoms with E-state index in [4.69, 9.17) is 9.72 Å². The number of thiazole rings is 1. The van der Waals surface area contributed by atoms with E-state index < -0.39 is 10.0 Å². The standard InChI is InChI=1S/C28H32N4O4S2/c1-5-32(22-10-7-6-8-11-22)38(34,35)24-15-12-21(13-16-24)27(33)31(19-9-18-30(2)3)28-29-25-17-14-23(36-4)20-26(25)37-28/h6-8,10-17,20H,5,9,18-19H2,1-4H3. The van der Waals surface area contributed by atoms with Crippen LogP contribution in [0, 0.1) is 0 Å². The normalized spacial score (nSPS) is 11.6. The zero-order chi connectivity index (χ0) is 27.3. The average molecular weight is 553 g/mol. The number of hydrogen-bond donors (Lipinski definition) is 0. The molecule has 0 unspecified atom stereocenters. The topological polar surface area (TPSA) is 83.1 Å². The van der Waals surface area contributed by atoms with Gasteiger partial charge < -0.3 is 9.64 Å². The molecule has 0 aliphatic rings. The average Bonchev–Trinajstić information content (AvgIpc) is 3.34. The first-order valence-corrected chi connectivity index (χ1v) is 14.6. The first-order chi connectivity index (χ1) is 18.2. The van der Waals surface area contributed by atoms with Crippen LogP contribution in [0.1, 0.15) is 23.7 Å². The number of para-hydroxylation sites is 1. The van der Waals surface area contributed by atoms with Crippen LogP contribution in [0.5, 0.6) is 5.75 Å². The Kier molecular flexibility index (Phi) is 8.65. The summed E-state index contributed by atoms with van der Waals surface area (Å²) in [5.74, 6) is 0.501. The van der Waals surface area contributed by atoms with Crippen molar-refractivity contribution in [1.82, 2.24) is 9.88 Å². The van der Waals surface area contributed by atoms with E-state index in [0.717, 1.165) is 28.9 Å². The van der Waals surface area contributed by atoms with Crippen LogP contribution in [0.25, 0.3) is 10.2 Å². The quantitative estimate of drug-likeness (QED) is 0.257. The highest BCUT2D eigenvalue weighted by molar-refractivity contribution is 7.92. The molecule has 4 aromatic rings. The van der Waals surface area contributed by atoms with E-state index in [1.165, 1.54) is 27.8 Å². The molecule has 4 rings (SSSR count). The van der Waals surface area contributed by atoms with Crippen LogP contribution in [0.2, 0.25) is 0 Å². The Morgan fingerprint density at radius 3 is 2.32 bits per heavy atom. The molecule has 0 saturated heterocycles. The Bertz CT molecular complexity index is 1490. The van der Waals surface area contributed by atoms with Gasteiger partial charge in [-0.2, -0.15) is 0 Å². The second-order valence-electron chi connectivity index (χ2n) is 8.97. The van der Waals surface area contributed by atoms with E-state index in [1.54, 1.807) is 55.3 Å². The van der Waals surface area contributed by atoms with Gasteiger partial charge in [-0.05, 0) is 88.6 Å². The number of carbonyl (C=O) groups is 1. The van der Waals surface area contributed by atoms with Crippen LogP contribution in [0.3, 0.4) is 0 Å². The van der Waals surface area contributed by atoms with Gasteiger partial charge in [-0.1, -0.05) is 29.5 Å². The fourth-order valence-electron chi connectivity index (χ4n) is 4.10. The van der Waals surface area contributed by atoms with Crippen molar-refractivity contribution in [3.05, 3.63) is 78.4 Å². The molecule has 8 nitrogen and oxygen atoms in total. The molecule has 0 spiro atoms. The minimum Gasteiger partial charge on any atom is -0.497 e. The lowest BCUT2D eigenvalue weighted by atomic mass is 10.2. The number of ether oxygens (including phenoxy) is 1. The largest absolute Gasteiger partial charge is 0.497 e. The summed E-state index contributed by atoms with van der Waals surface area (Å²) in [6.07, 6.45) is 0.757. The number of amides is 1. The maximum absolute atomic E-state index is 13.7. The summed E-state index contributed by atoms with van der Waals surface area (Å²) in [6, 6.07) is 20.7. The minimum absolute atomic E-state index is 0.131. The van der Waals surface area contributed by atoms with Gasteiger partial charge in [0.05, 0.1) is 27.9 Å². The number of rotatable bonds is 11. The van der Waals surface area contributed by atoms with Gasteiger partial charge in [-0.15, -0.1) is 0 Å². The van der Waals surface area contributed by atoms with Gasteiger partial charge in [0.25, 0.3) is 15.9 Å². The van der Waals surface area contributed by atoms with Crippen molar-refractivity contribution in [3.8, 4) is 5.75 Å². The molecule has 0 fully saturated rings. The number of anilines is 2. The maximum Gasteiger partial charge on any atom is 0.264 e. The van der Waals surface area contributed by atoms with Gasteiger partial charge in [-0.3, -0.25) is 14.0 Å². The molecular formula is C28H32N4O4S2. The lowest BCUT2D eigenvalue weighted by Crippen LogP contribution is -2.33. The van der Waals surface area contributed by atoms with Gasteiger partial charge in [-0.25, -0.2) is 13.4 Å². The van der Waals surface area contributed by atoms with Crippen molar-refractivity contribution in [1.29, 1.82) is 0 Å². The molecule has 38 heavy (non-hydrogen) atoms. The molecule has 0 saturated carbocycles. The first kappa shape index (κ1) is 27.6. The highest BCUT2D eigenvalue weighted by Crippen LogP contribution is 2.32. The molecule has 200 valence electrons. The molecule has 1 aromatic heterocycles. The van der Waals surface area contributed by atoms with Crippen LogP contribution in [0.15, 0.2) is 77.7 Å². The molecule has 3 aromatic carbocycles. The first-order valence-electron chi connectivity index (χ1n) is 12.3. The lowest BCUT2D eigenvalue weighted by molar-refractivity contribution is 0.0986. The summed E-state index contributed by atoms with van der Waals surface area (Å²) in [5, 5.41) is 0.593. The molecular weight excluding hydrogens is 520 g/mol. The summed E-state index contributed by atoms with van der Waals surface area (Å²) in [5.41, 5.74) is 1.78. The number of methoxy groups -OCH3 is 1. The smallest absolute Gasteiger partial charge is 0.264 e. The number of fused-ring (bicyclic) bond motifs is 1. The monoisotopic (exact) mass is 552 g/mol. The van der Waals surface area contributed by atoms with E-state index in [9.17, 15) is 13.2 Å². The molecule has 0 N–H and O–H groups in total. The molecule has 0 bridgehead atoms. The third kappa shape index (κ3) is 5.98. The van der Waals surface area contributed by atoms with E-state index >= 15 is 0 Å². The highest BCUT2D eigenvalue weighted by Gasteiger charge is 2.25. The van der Waals surface area contributed by atoms with Gasteiger partial charge in [0.1, 0.15) is 5.75 Å². The number of carbonyl (C=O) groups excluding carboxylic acids is 1. The van der Waals surface area contributed by atoms with Crippen molar-refractivity contribution >= 4 is 48.3 Å². The van der Waals surface area contributed by atoms with E-state index in [2.05, 4.69) is 4.90 Å². The van der Waals surface area contributed by atoms with Crippen LogP contribution >= 0.6 is 11.3 Å². The van der Waals surface area contributed by atoms with Crippen molar-refractivity contribution in [2.45, 2.75) is 18.2 Å². The molecule has 10 heteroatoms. The van der Waals surface area contributed by atoms with Crippen molar-refractivity contribution in [2.24, 2.45) is 0 Å². The van der Waals surface area contributed by atoms with Crippen LogP contribution in [-0.2, 0) is 10.0 Å². The summed E-state index contributed by atoms with van der Waals surface area (Å²) in [6.45, 7) is 3.37. The molecule has 0 aliphatic heterocycles. The summed E-state index contributed by atoms with van der Waals surface area (Å²) < 4.78 is 34.3. The number of nitrogens with zero attached hydrogens (tertiary/aromatic N) is 4. The van der Waals surface area contributed by atoms with Crippen molar-refractivity contribution in [2.75, 3.05) is 50.0 Å². The zero-order valence-electron chi connectivity index (χ0n) is 22.0. The van der Waals surface area contributed by atoms with Crippen LogP contribution in [0.4, 0.5) is 10.8 Å². The fraction of sp³-hybridized carbons (Fsp3) is 0.286. The second kappa shape index (κ2) is 11.9. The summed E-state index contributed by atoms with van der Waals surface area (Å²) in [7, 11) is 1.81. The lowest BCUT2D eigenvalue weighted by Gasteiger charge is -2.23. The van der Waals surface area contributed by atoms with Crippen molar-refractivity contribution in [3.63, 3.8) is 0 Å². The van der Waals surface area contributed by atoms with Gasteiger partial charge in [0.15, 0.2) is 5.13 Å². The van der Waals surface area contributed by atoms with Crippen LogP contribution < -0.4 is 13.9 Å². The minimum atomic E-state index is -3.79. The highest BCUT2D eigenvalue weighted by atomic mass is 32.2. The third-order valence-corrected chi connectivity index (χ3v) is 9.03. The van der Waals surface area contributed by atoms with Gasteiger partial charge >= 0.3 is 0 Å². The fourth-order valence-corrected chi connectivity index (χ4v) is 6.59. The number of sulfonamides is 1. The van der Waals surface area contributed by atoms with E-state index in [-0.39, 0.29) is 17.3 Å².